The number of anilines is 1. The van der Waals surface area contributed by atoms with Gasteiger partial charge in [-0.1, -0.05) is 11.6 Å². The SMILES string of the molecule is COc1ccc(NC(=O)COC(=O)c2cc(OC)c(OC)cc2[N+](=O)[O-])cc1Cl. The van der Waals surface area contributed by atoms with Crippen molar-refractivity contribution in [1.82, 2.24) is 0 Å². The quantitative estimate of drug-likeness (QED) is 0.389. The molecule has 0 aliphatic carbocycles. The Morgan fingerprint density at radius 2 is 1.66 bits per heavy atom. The van der Waals surface area contributed by atoms with Crippen LogP contribution in [0.1, 0.15) is 10.4 Å². The molecule has 0 saturated heterocycles. The molecule has 0 aliphatic heterocycles. The molecule has 0 bridgehead atoms. The third-order valence-electron chi connectivity index (χ3n) is 3.69. The smallest absolute Gasteiger partial charge is 0.345 e. The van der Waals surface area contributed by atoms with Gasteiger partial charge in [0.2, 0.25) is 0 Å². The maximum absolute atomic E-state index is 12.3. The highest BCUT2D eigenvalue weighted by Crippen LogP contribution is 2.34. The number of methoxy groups -OCH3 is 3. The van der Waals surface area contributed by atoms with Crippen LogP contribution in [0, 0.1) is 10.1 Å². The molecule has 10 nitrogen and oxygen atoms in total. The summed E-state index contributed by atoms with van der Waals surface area (Å²) in [6.45, 7) is -0.673. The van der Waals surface area contributed by atoms with E-state index in [0.29, 0.717) is 11.4 Å². The van der Waals surface area contributed by atoms with Gasteiger partial charge in [0.05, 0.1) is 37.3 Å². The predicted octanol–water partition coefficient (Wildman–Crippen LogP) is 3.07. The van der Waals surface area contributed by atoms with E-state index < -0.39 is 29.1 Å². The maximum Gasteiger partial charge on any atom is 0.345 e. The second-order valence-corrected chi connectivity index (χ2v) is 5.86. The summed E-state index contributed by atoms with van der Waals surface area (Å²) >= 11 is 5.97. The van der Waals surface area contributed by atoms with Gasteiger partial charge in [0.1, 0.15) is 11.3 Å². The van der Waals surface area contributed by atoms with E-state index in [1.165, 1.54) is 27.4 Å². The van der Waals surface area contributed by atoms with Crippen molar-refractivity contribution < 1.29 is 33.5 Å². The van der Waals surface area contributed by atoms with E-state index in [1.807, 2.05) is 0 Å². The molecule has 1 amide bonds. The van der Waals surface area contributed by atoms with Gasteiger partial charge in [-0.05, 0) is 18.2 Å². The zero-order valence-corrected chi connectivity index (χ0v) is 16.4. The number of carbonyl (C=O) groups is 2. The molecule has 0 atom stereocenters. The highest BCUT2D eigenvalue weighted by molar-refractivity contribution is 6.32. The number of esters is 1. The second-order valence-electron chi connectivity index (χ2n) is 5.46. The van der Waals surface area contributed by atoms with E-state index >= 15 is 0 Å². The molecule has 0 radical (unpaired) electrons. The van der Waals surface area contributed by atoms with Crippen molar-refractivity contribution in [3.05, 3.63) is 51.0 Å². The van der Waals surface area contributed by atoms with E-state index in [9.17, 15) is 19.7 Å². The lowest BCUT2D eigenvalue weighted by Crippen LogP contribution is -2.21. The summed E-state index contributed by atoms with van der Waals surface area (Å²) in [4.78, 5) is 34.8. The summed E-state index contributed by atoms with van der Waals surface area (Å²) < 4.78 is 19.9. The van der Waals surface area contributed by atoms with Gasteiger partial charge in [0.25, 0.3) is 11.6 Å². The van der Waals surface area contributed by atoms with Crippen molar-refractivity contribution in [2.24, 2.45) is 0 Å². The maximum atomic E-state index is 12.3. The molecule has 0 heterocycles. The molecule has 11 heteroatoms. The Bertz CT molecular complexity index is 948. The molecule has 29 heavy (non-hydrogen) atoms. The molecule has 2 aromatic rings. The zero-order chi connectivity index (χ0) is 21.6. The van der Waals surface area contributed by atoms with Crippen LogP contribution in [0.2, 0.25) is 5.02 Å². The molecule has 0 fully saturated rings. The highest BCUT2D eigenvalue weighted by Gasteiger charge is 2.26. The fraction of sp³-hybridized carbons (Fsp3) is 0.222. The number of nitrogens with one attached hydrogen (secondary N) is 1. The molecule has 0 spiro atoms. The number of ether oxygens (including phenoxy) is 4. The van der Waals surface area contributed by atoms with Crippen LogP contribution in [0.25, 0.3) is 0 Å². The Labute approximate surface area is 170 Å². The summed E-state index contributed by atoms with van der Waals surface area (Å²) in [5.41, 5.74) is -0.572. The van der Waals surface area contributed by atoms with Gasteiger partial charge in [-0.25, -0.2) is 4.79 Å². The van der Waals surface area contributed by atoms with Gasteiger partial charge in [0, 0.05) is 11.8 Å². The van der Waals surface area contributed by atoms with Crippen molar-refractivity contribution in [3.8, 4) is 17.2 Å². The number of nitro benzene ring substituents is 1. The highest BCUT2D eigenvalue weighted by atomic mass is 35.5. The third-order valence-corrected chi connectivity index (χ3v) is 3.98. The molecule has 1 N–H and O–H groups in total. The van der Waals surface area contributed by atoms with Crippen LogP contribution in [-0.2, 0) is 9.53 Å². The van der Waals surface area contributed by atoms with E-state index in [2.05, 4.69) is 5.32 Å². The van der Waals surface area contributed by atoms with Crippen LogP contribution >= 0.6 is 11.6 Å². The fourth-order valence-electron chi connectivity index (χ4n) is 2.33. The minimum Gasteiger partial charge on any atom is -0.495 e. The Hall–Kier alpha value is -3.53. The van der Waals surface area contributed by atoms with Crippen LogP contribution in [0.5, 0.6) is 17.2 Å². The zero-order valence-electron chi connectivity index (χ0n) is 15.7. The molecular weight excluding hydrogens is 408 g/mol. The number of hydrogen-bond acceptors (Lipinski definition) is 8. The summed E-state index contributed by atoms with van der Waals surface area (Å²) in [6, 6.07) is 6.70. The summed E-state index contributed by atoms with van der Waals surface area (Å²) in [5, 5.41) is 14.0. The summed E-state index contributed by atoms with van der Waals surface area (Å²) in [7, 11) is 4.06. The molecule has 2 rings (SSSR count). The first-order valence-corrected chi connectivity index (χ1v) is 8.39. The van der Waals surface area contributed by atoms with Gasteiger partial charge in [-0.15, -0.1) is 0 Å². The number of halogens is 1. The average Bonchev–Trinajstić information content (AvgIpc) is 2.70. The lowest BCUT2D eigenvalue weighted by Gasteiger charge is -2.11. The van der Waals surface area contributed by atoms with Crippen LogP contribution in [0.4, 0.5) is 11.4 Å². The van der Waals surface area contributed by atoms with Crippen LogP contribution in [-0.4, -0.2) is 44.7 Å². The number of amides is 1. The molecule has 154 valence electrons. The van der Waals surface area contributed by atoms with Crippen molar-refractivity contribution in [2.75, 3.05) is 33.3 Å². The standard InChI is InChI=1S/C18H17ClN2O8/c1-26-14-5-4-10(6-12(14)19)20-17(22)9-29-18(23)11-7-15(27-2)16(28-3)8-13(11)21(24)25/h4-8H,9H2,1-3H3,(H,20,22). The van der Waals surface area contributed by atoms with Gasteiger partial charge in [-0.3, -0.25) is 14.9 Å². The van der Waals surface area contributed by atoms with E-state index in [1.54, 1.807) is 12.1 Å². The Kier molecular flexibility index (Phi) is 7.21. The number of carbonyl (C=O) groups excluding carboxylic acids is 2. The summed E-state index contributed by atoms with van der Waals surface area (Å²) in [6.07, 6.45) is 0. The first kappa shape index (κ1) is 21.8. The molecule has 0 saturated carbocycles. The second kappa shape index (κ2) is 9.60. The first-order chi connectivity index (χ1) is 13.8. The molecule has 0 aliphatic rings. The van der Waals surface area contributed by atoms with Crippen LogP contribution < -0.4 is 19.5 Å². The Morgan fingerprint density at radius 1 is 1.03 bits per heavy atom. The van der Waals surface area contributed by atoms with Gasteiger partial charge >= 0.3 is 5.97 Å². The van der Waals surface area contributed by atoms with Crippen LogP contribution in [0.3, 0.4) is 0 Å². The van der Waals surface area contributed by atoms with Crippen molar-refractivity contribution in [3.63, 3.8) is 0 Å². The number of nitro groups is 1. The van der Waals surface area contributed by atoms with Gasteiger partial charge in [-0.2, -0.15) is 0 Å². The van der Waals surface area contributed by atoms with Gasteiger partial charge in [0.15, 0.2) is 18.1 Å². The molecule has 0 unspecified atom stereocenters. The predicted molar refractivity (Wildman–Crippen MR) is 103 cm³/mol. The van der Waals surface area contributed by atoms with Crippen molar-refractivity contribution in [1.29, 1.82) is 0 Å². The van der Waals surface area contributed by atoms with E-state index in [4.69, 9.17) is 30.5 Å². The van der Waals surface area contributed by atoms with E-state index in [0.717, 1.165) is 12.1 Å². The fourth-order valence-corrected chi connectivity index (χ4v) is 2.59. The Balaban J connectivity index is 2.11. The van der Waals surface area contributed by atoms with Crippen LogP contribution in [0.15, 0.2) is 30.3 Å². The number of benzene rings is 2. The largest absolute Gasteiger partial charge is 0.495 e. The average molecular weight is 425 g/mol. The first-order valence-electron chi connectivity index (χ1n) is 8.01. The lowest BCUT2D eigenvalue weighted by atomic mass is 10.1. The minimum absolute atomic E-state index is 0.0740. The Morgan fingerprint density at radius 3 is 2.21 bits per heavy atom. The van der Waals surface area contributed by atoms with Crippen molar-refractivity contribution >= 4 is 34.9 Å². The third kappa shape index (κ3) is 5.26. The topological polar surface area (TPSA) is 126 Å². The number of rotatable bonds is 8. The molecular formula is C18H17ClN2O8. The van der Waals surface area contributed by atoms with Crippen molar-refractivity contribution in [2.45, 2.75) is 0 Å². The molecule has 0 aromatic heterocycles. The van der Waals surface area contributed by atoms with Gasteiger partial charge < -0.3 is 24.3 Å². The number of nitrogens with zero attached hydrogens (tertiary/aromatic N) is 1. The molecule has 2 aromatic carbocycles. The normalized spacial score (nSPS) is 10.1. The minimum atomic E-state index is -1.07. The monoisotopic (exact) mass is 424 g/mol. The van der Waals surface area contributed by atoms with E-state index in [-0.39, 0.29) is 22.1 Å². The number of hydrogen-bond donors (Lipinski definition) is 1. The lowest BCUT2D eigenvalue weighted by molar-refractivity contribution is -0.385. The summed E-state index contributed by atoms with van der Waals surface area (Å²) in [5.74, 6) is -1.13.